The van der Waals surface area contributed by atoms with Gasteiger partial charge in [-0.15, -0.1) is 0 Å². The Balaban J connectivity index is 2.13. The zero-order valence-corrected chi connectivity index (χ0v) is 18.6. The van der Waals surface area contributed by atoms with E-state index in [9.17, 15) is 24.8 Å². The van der Waals surface area contributed by atoms with Gasteiger partial charge in [0.05, 0.1) is 16.5 Å². The van der Waals surface area contributed by atoms with Crippen LogP contribution >= 0.6 is 0 Å². The van der Waals surface area contributed by atoms with Gasteiger partial charge in [0.25, 0.3) is 17.4 Å². The highest BCUT2D eigenvalue weighted by atomic mass is 16.6. The van der Waals surface area contributed by atoms with Gasteiger partial charge in [0.15, 0.2) is 0 Å². The van der Waals surface area contributed by atoms with Crippen molar-refractivity contribution in [3.05, 3.63) is 80.9 Å². The minimum Gasteiger partial charge on any atom is -0.507 e. The highest BCUT2D eigenvalue weighted by Crippen LogP contribution is 2.40. The van der Waals surface area contributed by atoms with Gasteiger partial charge in [-0.25, -0.2) is 0 Å². The van der Waals surface area contributed by atoms with E-state index in [-0.39, 0.29) is 16.8 Å². The fraction of sp³-hybridized carbons (Fsp3) is 0.360. The van der Waals surface area contributed by atoms with Crippen molar-refractivity contribution in [2.24, 2.45) is 0 Å². The predicted molar refractivity (Wildman–Crippen MR) is 122 cm³/mol. The third-order valence-electron chi connectivity index (χ3n) is 5.79. The van der Waals surface area contributed by atoms with Gasteiger partial charge in [0.2, 0.25) is 0 Å². The number of nitro groups is 1. The number of amides is 1. The second kappa shape index (κ2) is 9.77. The summed E-state index contributed by atoms with van der Waals surface area (Å²) in [6, 6.07) is 12.4. The number of benzene rings is 2. The van der Waals surface area contributed by atoms with Crippen LogP contribution in [-0.4, -0.2) is 33.2 Å². The summed E-state index contributed by atoms with van der Waals surface area (Å²) in [6.45, 7) is 6.60. The maximum atomic E-state index is 13.0. The highest BCUT2D eigenvalue weighted by Gasteiger charge is 2.45. The van der Waals surface area contributed by atoms with Gasteiger partial charge in [-0.3, -0.25) is 19.7 Å². The number of carbonyl (C=O) groups is 2. The van der Waals surface area contributed by atoms with Gasteiger partial charge < -0.3 is 10.0 Å². The Hall–Kier alpha value is -3.48. The zero-order chi connectivity index (χ0) is 23.4. The van der Waals surface area contributed by atoms with Crippen LogP contribution in [0.5, 0.6) is 0 Å². The van der Waals surface area contributed by atoms with Crippen LogP contribution in [0, 0.1) is 10.1 Å². The van der Waals surface area contributed by atoms with E-state index in [1.807, 2.05) is 24.3 Å². The second-order valence-electron chi connectivity index (χ2n) is 8.33. The molecule has 1 heterocycles. The van der Waals surface area contributed by atoms with E-state index in [4.69, 9.17) is 0 Å². The van der Waals surface area contributed by atoms with Crippen LogP contribution in [0.2, 0.25) is 0 Å². The van der Waals surface area contributed by atoms with Crippen LogP contribution in [0.1, 0.15) is 68.7 Å². The average molecular weight is 437 g/mol. The molecule has 0 bridgehead atoms. The monoisotopic (exact) mass is 436 g/mol. The first-order valence-corrected chi connectivity index (χ1v) is 10.9. The number of ketones is 1. The highest BCUT2D eigenvalue weighted by molar-refractivity contribution is 6.46. The van der Waals surface area contributed by atoms with Crippen molar-refractivity contribution in [3.8, 4) is 0 Å². The maximum absolute atomic E-state index is 13.0. The molecule has 0 aliphatic carbocycles. The Kier molecular flexibility index (Phi) is 7.08. The van der Waals surface area contributed by atoms with Crippen molar-refractivity contribution in [2.45, 2.75) is 52.0 Å². The third kappa shape index (κ3) is 4.56. The molecule has 1 aliphatic rings. The molecule has 0 spiro atoms. The lowest BCUT2D eigenvalue weighted by Crippen LogP contribution is -2.30. The van der Waals surface area contributed by atoms with Gasteiger partial charge in [-0.1, -0.05) is 70.0 Å². The van der Waals surface area contributed by atoms with E-state index in [2.05, 4.69) is 20.8 Å². The van der Waals surface area contributed by atoms with E-state index >= 15 is 0 Å². The van der Waals surface area contributed by atoms with E-state index in [1.54, 1.807) is 0 Å². The summed E-state index contributed by atoms with van der Waals surface area (Å²) in [7, 11) is 0. The number of likely N-dealkylation sites (tertiary alicyclic amines) is 1. The molecule has 1 atom stereocenters. The van der Waals surface area contributed by atoms with Crippen LogP contribution in [-0.2, 0) is 9.59 Å². The third-order valence-corrected chi connectivity index (χ3v) is 5.79. The smallest absolute Gasteiger partial charge is 0.295 e. The predicted octanol–water partition coefficient (Wildman–Crippen LogP) is 5.33. The van der Waals surface area contributed by atoms with Crippen LogP contribution in [0.25, 0.3) is 5.76 Å². The van der Waals surface area contributed by atoms with Gasteiger partial charge in [0.1, 0.15) is 5.76 Å². The van der Waals surface area contributed by atoms with E-state index in [0.717, 1.165) is 30.4 Å². The Labute approximate surface area is 187 Å². The Morgan fingerprint density at radius 3 is 2.41 bits per heavy atom. The molecule has 2 aromatic rings. The van der Waals surface area contributed by atoms with Crippen molar-refractivity contribution in [1.82, 2.24) is 4.90 Å². The number of nitrogens with zero attached hydrogens (tertiary/aromatic N) is 2. The minimum absolute atomic E-state index is 0.0377. The zero-order valence-electron chi connectivity index (χ0n) is 18.6. The number of aliphatic hydroxyl groups excluding tert-OH is 1. The summed E-state index contributed by atoms with van der Waals surface area (Å²) < 4.78 is 0. The van der Waals surface area contributed by atoms with Gasteiger partial charge in [-0.05, 0) is 23.5 Å². The largest absolute Gasteiger partial charge is 0.507 e. The van der Waals surface area contributed by atoms with Crippen LogP contribution in [0.3, 0.4) is 0 Å². The van der Waals surface area contributed by atoms with Crippen molar-refractivity contribution < 1.29 is 19.6 Å². The van der Waals surface area contributed by atoms with Gasteiger partial charge in [-0.2, -0.15) is 0 Å². The molecular weight excluding hydrogens is 408 g/mol. The second-order valence-corrected chi connectivity index (χ2v) is 8.33. The van der Waals surface area contributed by atoms with Crippen molar-refractivity contribution in [1.29, 1.82) is 0 Å². The normalized spacial score (nSPS) is 17.9. The molecule has 32 heavy (non-hydrogen) atoms. The molecule has 168 valence electrons. The fourth-order valence-corrected chi connectivity index (χ4v) is 3.97. The number of non-ortho nitro benzene ring substituents is 1. The molecule has 3 rings (SSSR count). The summed E-state index contributed by atoms with van der Waals surface area (Å²) in [4.78, 5) is 38.0. The number of Topliss-reactive ketones (excluding diaryl/α,β-unsaturated/α-hetero) is 1. The number of aliphatic hydroxyl groups is 1. The molecule has 2 aromatic carbocycles. The lowest BCUT2D eigenvalue weighted by Gasteiger charge is -2.25. The summed E-state index contributed by atoms with van der Waals surface area (Å²) in [5.74, 6) is -1.51. The molecule has 1 aliphatic heterocycles. The molecular formula is C25H28N2O5. The van der Waals surface area contributed by atoms with Crippen LogP contribution in [0.15, 0.2) is 54.1 Å². The molecule has 1 saturated heterocycles. The molecule has 1 fully saturated rings. The van der Waals surface area contributed by atoms with E-state index < -0.39 is 28.4 Å². The molecule has 7 nitrogen and oxygen atoms in total. The van der Waals surface area contributed by atoms with Crippen LogP contribution in [0.4, 0.5) is 5.69 Å². The number of hydrogen-bond donors (Lipinski definition) is 1. The molecule has 1 N–H and O–H groups in total. The Morgan fingerprint density at radius 1 is 1.12 bits per heavy atom. The van der Waals surface area contributed by atoms with Crippen molar-refractivity contribution >= 4 is 23.1 Å². The summed E-state index contributed by atoms with van der Waals surface area (Å²) in [5.41, 5.74) is 1.73. The first-order valence-electron chi connectivity index (χ1n) is 10.9. The van der Waals surface area contributed by atoms with E-state index in [0.29, 0.717) is 12.5 Å². The van der Waals surface area contributed by atoms with Gasteiger partial charge in [0, 0.05) is 24.2 Å². The standard InChI is InChI=1S/C25H28N2O5/c1-4-5-6-14-26-22(18-12-10-17(11-13-18)16(2)3)21(24(29)25(26)30)23(28)19-8-7-9-20(15-19)27(31)32/h7-13,15-16,22,28H,4-6,14H2,1-3H3/b23-21-. The number of rotatable bonds is 8. The van der Waals surface area contributed by atoms with Crippen molar-refractivity contribution in [3.63, 3.8) is 0 Å². The fourth-order valence-electron chi connectivity index (χ4n) is 3.97. The summed E-state index contributed by atoms with van der Waals surface area (Å²) >= 11 is 0. The number of hydrogen-bond acceptors (Lipinski definition) is 5. The maximum Gasteiger partial charge on any atom is 0.295 e. The van der Waals surface area contributed by atoms with Crippen LogP contribution < -0.4 is 0 Å². The lowest BCUT2D eigenvalue weighted by atomic mass is 9.93. The summed E-state index contributed by atoms with van der Waals surface area (Å²) in [6.07, 6.45) is 2.61. The molecule has 0 aromatic heterocycles. The molecule has 7 heteroatoms. The van der Waals surface area contributed by atoms with E-state index in [1.165, 1.54) is 29.2 Å². The number of carbonyl (C=O) groups excluding carboxylic acids is 2. The first kappa shape index (κ1) is 23.2. The SMILES string of the molecule is CCCCCN1C(=O)C(=O)/C(=C(\O)c2cccc([N+](=O)[O-])c2)C1c1ccc(C(C)C)cc1. The molecule has 0 saturated carbocycles. The molecule has 1 unspecified atom stereocenters. The summed E-state index contributed by atoms with van der Waals surface area (Å²) in [5, 5.41) is 22.2. The lowest BCUT2D eigenvalue weighted by molar-refractivity contribution is -0.384. The molecule has 0 radical (unpaired) electrons. The van der Waals surface area contributed by atoms with Crippen molar-refractivity contribution in [2.75, 3.05) is 6.54 Å². The number of nitro benzene ring substituents is 1. The molecule has 1 amide bonds. The first-order chi connectivity index (χ1) is 15.3. The van der Waals surface area contributed by atoms with Gasteiger partial charge >= 0.3 is 0 Å². The minimum atomic E-state index is -0.775. The Bertz CT molecular complexity index is 1060. The Morgan fingerprint density at radius 2 is 1.81 bits per heavy atom. The average Bonchev–Trinajstić information content (AvgIpc) is 3.04. The quantitative estimate of drug-likeness (QED) is 0.150. The number of unbranched alkanes of at least 4 members (excludes halogenated alkanes) is 2. The topological polar surface area (TPSA) is 101 Å².